The van der Waals surface area contributed by atoms with E-state index in [9.17, 15) is 19.5 Å². The molecule has 0 aromatic carbocycles. The van der Waals surface area contributed by atoms with E-state index in [0.29, 0.717) is 19.4 Å². The number of carboxylic acid groups (broad SMARTS) is 1. The molecule has 0 bridgehead atoms. The third-order valence-corrected chi connectivity index (χ3v) is 6.94. The number of methoxy groups -OCH3 is 1. The van der Waals surface area contributed by atoms with Crippen LogP contribution < -0.4 is 5.32 Å². The number of hydrogen-bond acceptors (Lipinski definition) is 4. The van der Waals surface area contributed by atoms with Crippen molar-refractivity contribution < 1.29 is 24.2 Å². The van der Waals surface area contributed by atoms with Crippen LogP contribution in [-0.4, -0.2) is 59.6 Å². The lowest BCUT2D eigenvalue weighted by Gasteiger charge is -2.39. The summed E-state index contributed by atoms with van der Waals surface area (Å²) >= 11 is 0. The molecule has 3 aliphatic rings. The number of ether oxygens (including phenoxy) is 1. The molecule has 0 aromatic rings. The van der Waals surface area contributed by atoms with Crippen molar-refractivity contribution in [3.8, 4) is 0 Å². The molecule has 0 radical (unpaired) electrons. The van der Waals surface area contributed by atoms with E-state index in [1.165, 1.54) is 4.90 Å². The van der Waals surface area contributed by atoms with Gasteiger partial charge < -0.3 is 20.1 Å². The molecule has 1 aliphatic heterocycles. The SMILES string of the molecule is COC1CC(C(=O)N[C@H](C(=O)N2C[C@H]3[C@@H]([C@H]2C(=O)O)C3(C)C)C(C)(C)C)C1. The molecule has 7 nitrogen and oxygen atoms in total. The molecule has 27 heavy (non-hydrogen) atoms. The van der Waals surface area contributed by atoms with Crippen LogP contribution in [0, 0.1) is 28.6 Å². The Balaban J connectivity index is 1.73. The van der Waals surface area contributed by atoms with Gasteiger partial charge in [-0.2, -0.15) is 0 Å². The Labute approximate surface area is 160 Å². The van der Waals surface area contributed by atoms with E-state index < -0.39 is 23.5 Å². The maximum absolute atomic E-state index is 13.3. The number of carbonyl (C=O) groups excluding carboxylic acids is 2. The Morgan fingerprint density at radius 3 is 2.30 bits per heavy atom. The van der Waals surface area contributed by atoms with Crippen LogP contribution in [0.25, 0.3) is 0 Å². The third-order valence-electron chi connectivity index (χ3n) is 6.94. The van der Waals surface area contributed by atoms with Gasteiger partial charge in [0.1, 0.15) is 12.1 Å². The van der Waals surface area contributed by atoms with Crippen LogP contribution >= 0.6 is 0 Å². The fourth-order valence-electron chi connectivity index (χ4n) is 4.84. The fraction of sp³-hybridized carbons (Fsp3) is 0.850. The topological polar surface area (TPSA) is 95.9 Å². The van der Waals surface area contributed by atoms with Gasteiger partial charge in [0.05, 0.1) is 6.10 Å². The lowest BCUT2D eigenvalue weighted by molar-refractivity contribution is -0.153. The average molecular weight is 380 g/mol. The van der Waals surface area contributed by atoms with Crippen LogP contribution in [0.2, 0.25) is 0 Å². The molecule has 0 unspecified atom stereocenters. The number of piperidine rings is 1. The molecule has 3 rings (SSSR count). The second kappa shape index (κ2) is 6.47. The zero-order valence-corrected chi connectivity index (χ0v) is 17.1. The van der Waals surface area contributed by atoms with Crippen LogP contribution in [-0.2, 0) is 19.1 Å². The van der Waals surface area contributed by atoms with Crippen molar-refractivity contribution in [3.05, 3.63) is 0 Å². The van der Waals surface area contributed by atoms with E-state index in [1.54, 1.807) is 7.11 Å². The number of likely N-dealkylation sites (tertiary alicyclic amines) is 1. The monoisotopic (exact) mass is 380 g/mol. The van der Waals surface area contributed by atoms with Gasteiger partial charge in [0.2, 0.25) is 11.8 Å². The number of carboxylic acids is 1. The first-order valence-electron chi connectivity index (χ1n) is 9.76. The van der Waals surface area contributed by atoms with E-state index in [2.05, 4.69) is 19.2 Å². The van der Waals surface area contributed by atoms with Gasteiger partial charge in [-0.05, 0) is 29.6 Å². The summed E-state index contributed by atoms with van der Waals surface area (Å²) in [5, 5.41) is 12.6. The van der Waals surface area contributed by atoms with Crippen molar-refractivity contribution in [2.75, 3.05) is 13.7 Å². The second-order valence-corrected chi connectivity index (χ2v) is 10.1. The molecule has 2 amide bonds. The number of amides is 2. The molecule has 0 spiro atoms. The molecule has 2 aliphatic carbocycles. The molecule has 1 heterocycles. The summed E-state index contributed by atoms with van der Waals surface area (Å²) in [7, 11) is 1.63. The van der Waals surface area contributed by atoms with E-state index in [1.807, 2.05) is 20.8 Å². The first-order valence-corrected chi connectivity index (χ1v) is 9.76. The molecular weight excluding hydrogens is 348 g/mol. The van der Waals surface area contributed by atoms with Gasteiger partial charge in [0.25, 0.3) is 0 Å². The molecule has 2 saturated carbocycles. The Hall–Kier alpha value is -1.63. The normalized spacial score (nSPS) is 35.0. The average Bonchev–Trinajstić information content (AvgIpc) is 2.88. The van der Waals surface area contributed by atoms with Gasteiger partial charge in [-0.25, -0.2) is 4.79 Å². The zero-order chi connectivity index (χ0) is 20.3. The van der Waals surface area contributed by atoms with Crippen LogP contribution in [0.5, 0.6) is 0 Å². The smallest absolute Gasteiger partial charge is 0.326 e. The van der Waals surface area contributed by atoms with E-state index in [4.69, 9.17) is 4.74 Å². The van der Waals surface area contributed by atoms with Crippen molar-refractivity contribution in [3.63, 3.8) is 0 Å². The molecular formula is C20H32N2O5. The van der Waals surface area contributed by atoms with Crippen LogP contribution in [0.1, 0.15) is 47.5 Å². The Morgan fingerprint density at radius 2 is 1.81 bits per heavy atom. The number of nitrogens with one attached hydrogen (secondary N) is 1. The van der Waals surface area contributed by atoms with Gasteiger partial charge in [-0.3, -0.25) is 9.59 Å². The lowest BCUT2D eigenvalue weighted by atomic mass is 9.80. The number of carbonyl (C=O) groups is 3. The predicted molar refractivity (Wildman–Crippen MR) is 98.8 cm³/mol. The van der Waals surface area contributed by atoms with Crippen molar-refractivity contribution in [1.29, 1.82) is 0 Å². The number of aliphatic carboxylic acids is 1. The Morgan fingerprint density at radius 1 is 1.22 bits per heavy atom. The fourth-order valence-corrected chi connectivity index (χ4v) is 4.84. The van der Waals surface area contributed by atoms with Gasteiger partial charge in [-0.15, -0.1) is 0 Å². The van der Waals surface area contributed by atoms with Crippen molar-refractivity contribution >= 4 is 17.8 Å². The molecule has 0 aromatic heterocycles. The quantitative estimate of drug-likeness (QED) is 0.754. The summed E-state index contributed by atoms with van der Waals surface area (Å²) in [5.74, 6) is -1.32. The van der Waals surface area contributed by atoms with E-state index in [-0.39, 0.29) is 41.1 Å². The van der Waals surface area contributed by atoms with Crippen molar-refractivity contribution in [2.45, 2.75) is 65.6 Å². The van der Waals surface area contributed by atoms with Gasteiger partial charge in [0, 0.05) is 25.5 Å². The number of rotatable bonds is 5. The summed E-state index contributed by atoms with van der Waals surface area (Å²) in [6.07, 6.45) is 1.43. The molecule has 3 fully saturated rings. The van der Waals surface area contributed by atoms with Gasteiger partial charge in [-0.1, -0.05) is 34.6 Å². The van der Waals surface area contributed by atoms with Crippen LogP contribution in [0.4, 0.5) is 0 Å². The number of hydrogen-bond donors (Lipinski definition) is 2. The van der Waals surface area contributed by atoms with Gasteiger partial charge >= 0.3 is 5.97 Å². The maximum atomic E-state index is 13.3. The third kappa shape index (κ3) is 3.35. The van der Waals surface area contributed by atoms with Crippen LogP contribution in [0.3, 0.4) is 0 Å². The van der Waals surface area contributed by atoms with Crippen molar-refractivity contribution in [2.24, 2.45) is 28.6 Å². The summed E-state index contributed by atoms with van der Waals surface area (Å²) < 4.78 is 5.22. The molecule has 2 N–H and O–H groups in total. The number of fused-ring (bicyclic) bond motifs is 1. The first-order chi connectivity index (χ1) is 12.4. The highest BCUT2D eigenvalue weighted by molar-refractivity contribution is 5.92. The molecule has 152 valence electrons. The second-order valence-electron chi connectivity index (χ2n) is 10.1. The first kappa shape index (κ1) is 20.1. The minimum atomic E-state index is -0.956. The molecule has 1 saturated heterocycles. The largest absolute Gasteiger partial charge is 0.480 e. The summed E-state index contributed by atoms with van der Waals surface area (Å²) in [6.45, 7) is 10.3. The highest BCUT2D eigenvalue weighted by Crippen LogP contribution is 2.65. The molecule has 4 atom stereocenters. The summed E-state index contributed by atoms with van der Waals surface area (Å²) in [6, 6.07) is -1.55. The predicted octanol–water partition coefficient (Wildman–Crippen LogP) is 1.51. The summed E-state index contributed by atoms with van der Waals surface area (Å²) in [4.78, 5) is 39.3. The highest BCUT2D eigenvalue weighted by Gasteiger charge is 2.70. The lowest BCUT2D eigenvalue weighted by Crippen LogP contribution is -2.59. The molecule has 7 heteroatoms. The zero-order valence-electron chi connectivity index (χ0n) is 17.1. The van der Waals surface area contributed by atoms with Crippen LogP contribution in [0.15, 0.2) is 0 Å². The Bertz CT molecular complexity index is 647. The minimum absolute atomic E-state index is 0.00985. The maximum Gasteiger partial charge on any atom is 0.326 e. The van der Waals surface area contributed by atoms with Crippen molar-refractivity contribution in [1.82, 2.24) is 10.2 Å². The minimum Gasteiger partial charge on any atom is -0.480 e. The Kier molecular flexibility index (Phi) is 4.82. The highest BCUT2D eigenvalue weighted by atomic mass is 16.5. The standard InChI is InChI=1S/C20H32N2O5/c1-19(2,3)15(21-16(23)10-7-11(8-10)27-6)17(24)22-9-12-13(20(12,4)5)14(22)18(25)26/h10-15H,7-9H2,1-6H3,(H,21,23)(H,25,26)/t10?,11?,12-,13-,14-,15+/m0/s1. The summed E-state index contributed by atoms with van der Waals surface area (Å²) in [5.41, 5.74) is -0.552. The van der Waals surface area contributed by atoms with E-state index >= 15 is 0 Å². The van der Waals surface area contributed by atoms with E-state index in [0.717, 1.165) is 0 Å². The van der Waals surface area contributed by atoms with Gasteiger partial charge in [0.15, 0.2) is 0 Å². The number of nitrogens with zero attached hydrogens (tertiary/aromatic N) is 1.